The number of hydrogen-bond donors (Lipinski definition) is 1. The molecule has 2 unspecified atom stereocenters. The average Bonchev–Trinajstić information content (AvgIpc) is 2.38. The molecule has 0 fully saturated rings. The van der Waals surface area contributed by atoms with Gasteiger partial charge in [-0.25, -0.2) is 9.97 Å². The first-order valence-corrected chi connectivity index (χ1v) is 6.18. The standard InChI is InChI=1S/C13H21N3O2/c1-5-9(2)12(13(17)18-4)15-8-11-6-7-14-10(3)16-11/h6-7,9,12,15H,5,8H2,1-4H3. The molecule has 1 aromatic rings. The summed E-state index contributed by atoms with van der Waals surface area (Å²) in [5, 5.41) is 3.20. The van der Waals surface area contributed by atoms with Crippen LogP contribution in [0, 0.1) is 12.8 Å². The minimum Gasteiger partial charge on any atom is -0.468 e. The van der Waals surface area contributed by atoms with Crippen LogP contribution < -0.4 is 5.32 Å². The van der Waals surface area contributed by atoms with E-state index in [4.69, 9.17) is 4.74 Å². The van der Waals surface area contributed by atoms with E-state index >= 15 is 0 Å². The molecule has 0 spiro atoms. The Kier molecular flexibility index (Phi) is 5.71. The lowest BCUT2D eigenvalue weighted by atomic mass is 9.99. The van der Waals surface area contributed by atoms with Crippen LogP contribution in [0.25, 0.3) is 0 Å². The van der Waals surface area contributed by atoms with Crippen LogP contribution in [0.1, 0.15) is 31.8 Å². The molecule has 1 N–H and O–H groups in total. The van der Waals surface area contributed by atoms with Crippen molar-refractivity contribution in [3.63, 3.8) is 0 Å². The summed E-state index contributed by atoms with van der Waals surface area (Å²) < 4.78 is 4.81. The van der Waals surface area contributed by atoms with E-state index in [-0.39, 0.29) is 17.9 Å². The van der Waals surface area contributed by atoms with E-state index in [1.54, 1.807) is 6.20 Å². The predicted octanol–water partition coefficient (Wildman–Crippen LogP) is 1.46. The fourth-order valence-electron chi connectivity index (χ4n) is 1.70. The minimum absolute atomic E-state index is 0.223. The maximum absolute atomic E-state index is 11.7. The number of hydrogen-bond acceptors (Lipinski definition) is 5. The van der Waals surface area contributed by atoms with E-state index in [2.05, 4.69) is 22.2 Å². The highest BCUT2D eigenvalue weighted by Crippen LogP contribution is 2.10. The number of methoxy groups -OCH3 is 1. The molecule has 100 valence electrons. The SMILES string of the molecule is CCC(C)C(NCc1ccnc(C)n1)C(=O)OC. The second-order valence-corrected chi connectivity index (χ2v) is 4.36. The number of carbonyl (C=O) groups is 1. The summed E-state index contributed by atoms with van der Waals surface area (Å²) in [6.07, 6.45) is 2.63. The maximum atomic E-state index is 11.7. The Labute approximate surface area is 108 Å². The Balaban J connectivity index is 2.64. The quantitative estimate of drug-likeness (QED) is 0.775. The largest absolute Gasteiger partial charge is 0.468 e. The summed E-state index contributed by atoms with van der Waals surface area (Å²) in [5.74, 6) is 0.725. The Hall–Kier alpha value is -1.49. The van der Waals surface area contributed by atoms with Crippen LogP contribution in [0.5, 0.6) is 0 Å². The first kappa shape index (κ1) is 14.6. The molecule has 0 aliphatic rings. The van der Waals surface area contributed by atoms with Crippen molar-refractivity contribution in [3.8, 4) is 0 Å². The monoisotopic (exact) mass is 251 g/mol. The fourth-order valence-corrected chi connectivity index (χ4v) is 1.70. The molecule has 5 nitrogen and oxygen atoms in total. The van der Waals surface area contributed by atoms with Crippen molar-refractivity contribution in [1.82, 2.24) is 15.3 Å². The molecule has 0 aliphatic heterocycles. The van der Waals surface area contributed by atoms with E-state index in [1.165, 1.54) is 7.11 Å². The van der Waals surface area contributed by atoms with Crippen LogP contribution in [0.3, 0.4) is 0 Å². The molecule has 0 amide bonds. The van der Waals surface area contributed by atoms with Gasteiger partial charge >= 0.3 is 5.97 Å². The van der Waals surface area contributed by atoms with Crippen LogP contribution in [0.4, 0.5) is 0 Å². The van der Waals surface area contributed by atoms with Gasteiger partial charge in [0.15, 0.2) is 0 Å². The van der Waals surface area contributed by atoms with Gasteiger partial charge in [-0.2, -0.15) is 0 Å². The fraction of sp³-hybridized carbons (Fsp3) is 0.615. The van der Waals surface area contributed by atoms with Gasteiger partial charge in [0.05, 0.1) is 12.8 Å². The van der Waals surface area contributed by atoms with Crippen molar-refractivity contribution >= 4 is 5.97 Å². The zero-order chi connectivity index (χ0) is 13.5. The molecule has 0 bridgehead atoms. The number of esters is 1. The van der Waals surface area contributed by atoms with Gasteiger partial charge in [-0.15, -0.1) is 0 Å². The molecule has 1 heterocycles. The second kappa shape index (κ2) is 7.06. The first-order chi connectivity index (χ1) is 8.58. The number of carbonyl (C=O) groups excluding carboxylic acids is 1. The Bertz CT molecular complexity index is 396. The predicted molar refractivity (Wildman–Crippen MR) is 68.9 cm³/mol. The molecular formula is C13H21N3O2. The molecule has 0 aromatic carbocycles. The van der Waals surface area contributed by atoms with Crippen molar-refractivity contribution < 1.29 is 9.53 Å². The smallest absolute Gasteiger partial charge is 0.323 e. The first-order valence-electron chi connectivity index (χ1n) is 6.18. The summed E-state index contributed by atoms with van der Waals surface area (Å²) in [6.45, 7) is 6.46. The lowest BCUT2D eigenvalue weighted by molar-refractivity contribution is -0.144. The molecular weight excluding hydrogens is 230 g/mol. The number of nitrogens with zero attached hydrogens (tertiary/aromatic N) is 2. The minimum atomic E-state index is -0.296. The number of aryl methyl sites for hydroxylation is 1. The van der Waals surface area contributed by atoms with Gasteiger partial charge in [0, 0.05) is 12.7 Å². The maximum Gasteiger partial charge on any atom is 0.323 e. The van der Waals surface area contributed by atoms with Gasteiger partial charge in [-0.1, -0.05) is 20.3 Å². The molecule has 0 saturated carbocycles. The van der Waals surface area contributed by atoms with Gasteiger partial charge in [0.25, 0.3) is 0 Å². The summed E-state index contributed by atoms with van der Waals surface area (Å²) >= 11 is 0. The highest BCUT2D eigenvalue weighted by molar-refractivity contribution is 5.75. The molecule has 1 aromatic heterocycles. The van der Waals surface area contributed by atoms with Gasteiger partial charge in [0.1, 0.15) is 11.9 Å². The van der Waals surface area contributed by atoms with Crippen molar-refractivity contribution in [2.45, 2.75) is 39.8 Å². The van der Waals surface area contributed by atoms with Gasteiger partial charge in [-0.3, -0.25) is 10.1 Å². The molecule has 18 heavy (non-hydrogen) atoms. The number of nitrogens with one attached hydrogen (secondary N) is 1. The van der Waals surface area contributed by atoms with E-state index in [0.29, 0.717) is 6.54 Å². The molecule has 2 atom stereocenters. The topological polar surface area (TPSA) is 64.1 Å². The van der Waals surface area contributed by atoms with Crippen molar-refractivity contribution in [2.75, 3.05) is 7.11 Å². The third-order valence-corrected chi connectivity index (χ3v) is 3.00. The van der Waals surface area contributed by atoms with Crippen LogP contribution in [0.2, 0.25) is 0 Å². The third-order valence-electron chi connectivity index (χ3n) is 3.00. The number of ether oxygens (including phenoxy) is 1. The van der Waals surface area contributed by atoms with Crippen LogP contribution in [-0.2, 0) is 16.1 Å². The zero-order valence-electron chi connectivity index (χ0n) is 11.4. The normalized spacial score (nSPS) is 14.0. The van der Waals surface area contributed by atoms with E-state index in [1.807, 2.05) is 19.9 Å². The highest BCUT2D eigenvalue weighted by Gasteiger charge is 2.24. The van der Waals surface area contributed by atoms with Crippen LogP contribution in [-0.4, -0.2) is 29.1 Å². The Morgan fingerprint density at radius 1 is 1.56 bits per heavy atom. The molecule has 0 aliphatic carbocycles. The Morgan fingerprint density at radius 2 is 2.28 bits per heavy atom. The van der Waals surface area contributed by atoms with Gasteiger partial charge < -0.3 is 4.74 Å². The van der Waals surface area contributed by atoms with Crippen LogP contribution in [0.15, 0.2) is 12.3 Å². The van der Waals surface area contributed by atoms with Crippen LogP contribution >= 0.6 is 0 Å². The van der Waals surface area contributed by atoms with E-state index in [9.17, 15) is 4.79 Å². The molecule has 0 radical (unpaired) electrons. The third kappa shape index (κ3) is 4.07. The molecule has 1 rings (SSSR count). The average molecular weight is 251 g/mol. The summed E-state index contributed by atoms with van der Waals surface area (Å²) in [6, 6.07) is 1.54. The van der Waals surface area contributed by atoms with Crippen molar-refractivity contribution in [1.29, 1.82) is 0 Å². The summed E-state index contributed by atoms with van der Waals surface area (Å²) in [7, 11) is 1.41. The second-order valence-electron chi connectivity index (χ2n) is 4.36. The van der Waals surface area contributed by atoms with E-state index in [0.717, 1.165) is 17.9 Å². The van der Waals surface area contributed by atoms with Crippen molar-refractivity contribution in [2.24, 2.45) is 5.92 Å². The zero-order valence-corrected chi connectivity index (χ0v) is 11.4. The number of aromatic nitrogens is 2. The van der Waals surface area contributed by atoms with Gasteiger partial charge in [-0.05, 0) is 18.9 Å². The Morgan fingerprint density at radius 3 is 2.83 bits per heavy atom. The molecule has 0 saturated heterocycles. The van der Waals surface area contributed by atoms with E-state index < -0.39 is 0 Å². The summed E-state index contributed by atoms with van der Waals surface area (Å²) in [5.41, 5.74) is 0.875. The number of rotatable bonds is 6. The van der Waals surface area contributed by atoms with Crippen molar-refractivity contribution in [3.05, 3.63) is 23.8 Å². The highest BCUT2D eigenvalue weighted by atomic mass is 16.5. The summed E-state index contributed by atoms with van der Waals surface area (Å²) in [4.78, 5) is 20.0. The molecule has 5 heteroatoms. The lowest BCUT2D eigenvalue weighted by Gasteiger charge is -2.21. The lowest BCUT2D eigenvalue weighted by Crippen LogP contribution is -2.42. The van der Waals surface area contributed by atoms with Gasteiger partial charge in [0.2, 0.25) is 0 Å².